The highest BCUT2D eigenvalue weighted by molar-refractivity contribution is 5.75. The molecule has 0 bridgehead atoms. The Hall–Kier alpha value is -1.39. The molecule has 4 heteroatoms. The molecule has 1 aromatic carbocycles. The summed E-state index contributed by atoms with van der Waals surface area (Å²) in [6.07, 6.45) is 2.41. The average molecular weight is 259 g/mol. The predicted octanol–water partition coefficient (Wildman–Crippen LogP) is 2.09. The summed E-state index contributed by atoms with van der Waals surface area (Å²) < 4.78 is 7.55. The fraction of sp³-hybridized carbons (Fsp3) is 0.533. The first kappa shape index (κ1) is 12.6. The highest BCUT2D eigenvalue weighted by atomic mass is 16.5. The van der Waals surface area contributed by atoms with Crippen molar-refractivity contribution in [1.29, 1.82) is 0 Å². The Kier molecular flexibility index (Phi) is 3.80. The molecule has 1 aromatic heterocycles. The third kappa shape index (κ3) is 2.80. The zero-order chi connectivity index (χ0) is 13.1. The number of benzene rings is 1. The van der Waals surface area contributed by atoms with Crippen molar-refractivity contribution in [2.45, 2.75) is 19.4 Å². The molecule has 3 rings (SSSR count). The lowest BCUT2D eigenvalue weighted by molar-refractivity contribution is 0.184. The number of hydrogen-bond acceptors (Lipinski definition) is 3. The molecule has 102 valence electrons. The van der Waals surface area contributed by atoms with Crippen LogP contribution in [0.4, 0.5) is 0 Å². The number of fused-ring (bicyclic) bond motifs is 1. The van der Waals surface area contributed by atoms with Gasteiger partial charge in [0.15, 0.2) is 0 Å². The van der Waals surface area contributed by atoms with Gasteiger partial charge in [0.25, 0.3) is 0 Å². The normalized spacial score (nSPS) is 19.3. The highest BCUT2D eigenvalue weighted by Gasteiger charge is 2.14. The summed E-state index contributed by atoms with van der Waals surface area (Å²) in [5.74, 6) is 1.84. The predicted molar refractivity (Wildman–Crippen MR) is 76.0 cm³/mol. The summed E-state index contributed by atoms with van der Waals surface area (Å²) >= 11 is 0. The monoisotopic (exact) mass is 259 g/mol. The van der Waals surface area contributed by atoms with Crippen LogP contribution < -0.4 is 5.32 Å². The highest BCUT2D eigenvalue weighted by Crippen LogP contribution is 2.16. The minimum Gasteiger partial charge on any atom is -0.381 e. The van der Waals surface area contributed by atoms with Gasteiger partial charge in [0.1, 0.15) is 5.82 Å². The fourth-order valence-electron chi connectivity index (χ4n) is 2.67. The molecular weight excluding hydrogens is 238 g/mol. The van der Waals surface area contributed by atoms with Gasteiger partial charge >= 0.3 is 0 Å². The first-order chi connectivity index (χ1) is 9.34. The molecular formula is C15H21N3O. The fourth-order valence-corrected chi connectivity index (χ4v) is 2.67. The van der Waals surface area contributed by atoms with Crippen molar-refractivity contribution in [3.63, 3.8) is 0 Å². The molecule has 0 radical (unpaired) electrons. The van der Waals surface area contributed by atoms with Crippen LogP contribution in [0.15, 0.2) is 24.3 Å². The van der Waals surface area contributed by atoms with E-state index in [0.29, 0.717) is 0 Å². The van der Waals surface area contributed by atoms with Gasteiger partial charge in [-0.15, -0.1) is 0 Å². The number of ether oxygens (including phenoxy) is 1. The minimum absolute atomic E-state index is 0.743. The zero-order valence-electron chi connectivity index (χ0n) is 11.4. The van der Waals surface area contributed by atoms with E-state index in [1.165, 1.54) is 18.4 Å². The summed E-state index contributed by atoms with van der Waals surface area (Å²) in [7, 11) is 2.08. The molecule has 1 saturated heterocycles. The third-order valence-electron chi connectivity index (χ3n) is 3.92. The van der Waals surface area contributed by atoms with E-state index in [1.807, 2.05) is 6.07 Å². The largest absolute Gasteiger partial charge is 0.381 e. The Bertz CT molecular complexity index is 543. The first-order valence-corrected chi connectivity index (χ1v) is 7.03. The number of rotatable bonds is 5. The van der Waals surface area contributed by atoms with Gasteiger partial charge < -0.3 is 14.6 Å². The second-order valence-corrected chi connectivity index (χ2v) is 5.27. The second kappa shape index (κ2) is 5.72. The summed E-state index contributed by atoms with van der Waals surface area (Å²) in [5.41, 5.74) is 2.27. The van der Waals surface area contributed by atoms with Gasteiger partial charge in [0.05, 0.1) is 17.6 Å². The van der Waals surface area contributed by atoms with Gasteiger partial charge in [-0.1, -0.05) is 12.1 Å². The van der Waals surface area contributed by atoms with E-state index in [9.17, 15) is 0 Å². The molecule has 2 aromatic rings. The molecule has 0 saturated carbocycles. The Morgan fingerprint density at radius 3 is 3.11 bits per heavy atom. The Morgan fingerprint density at radius 1 is 1.42 bits per heavy atom. The van der Waals surface area contributed by atoms with E-state index in [4.69, 9.17) is 4.74 Å². The molecule has 2 heterocycles. The smallest absolute Gasteiger partial charge is 0.123 e. The van der Waals surface area contributed by atoms with Crippen LogP contribution in [0, 0.1) is 5.92 Å². The number of nitrogens with zero attached hydrogens (tertiary/aromatic N) is 2. The van der Waals surface area contributed by atoms with Crippen molar-refractivity contribution < 1.29 is 4.74 Å². The van der Waals surface area contributed by atoms with E-state index < -0.39 is 0 Å². The van der Waals surface area contributed by atoms with Gasteiger partial charge in [-0.3, -0.25) is 0 Å². The first-order valence-electron chi connectivity index (χ1n) is 7.03. The number of para-hydroxylation sites is 2. The van der Waals surface area contributed by atoms with Crippen LogP contribution in [-0.2, 0) is 18.3 Å². The summed E-state index contributed by atoms with van der Waals surface area (Å²) in [5, 5.41) is 3.49. The molecule has 1 atom stereocenters. The summed E-state index contributed by atoms with van der Waals surface area (Å²) in [6, 6.07) is 8.27. The van der Waals surface area contributed by atoms with E-state index in [0.717, 1.165) is 43.6 Å². The van der Waals surface area contributed by atoms with Crippen LogP contribution in [0.2, 0.25) is 0 Å². The number of imidazole rings is 1. The SMILES string of the molecule is Cn1c(CNCCC2CCOC2)nc2ccccc21. The molecule has 0 aliphatic carbocycles. The van der Waals surface area contributed by atoms with Crippen molar-refractivity contribution in [1.82, 2.24) is 14.9 Å². The van der Waals surface area contributed by atoms with E-state index in [1.54, 1.807) is 0 Å². The molecule has 0 amide bonds. The lowest BCUT2D eigenvalue weighted by atomic mass is 10.1. The van der Waals surface area contributed by atoms with Crippen molar-refractivity contribution in [2.75, 3.05) is 19.8 Å². The Morgan fingerprint density at radius 2 is 2.32 bits per heavy atom. The number of hydrogen-bond donors (Lipinski definition) is 1. The van der Waals surface area contributed by atoms with Gasteiger partial charge in [0.2, 0.25) is 0 Å². The summed E-state index contributed by atoms with van der Waals surface area (Å²) in [4.78, 5) is 4.66. The molecule has 1 unspecified atom stereocenters. The van der Waals surface area contributed by atoms with E-state index in [-0.39, 0.29) is 0 Å². The quantitative estimate of drug-likeness (QED) is 0.836. The Balaban J connectivity index is 1.54. The Labute approximate surface area is 113 Å². The maximum atomic E-state index is 5.39. The van der Waals surface area contributed by atoms with Crippen LogP contribution in [-0.4, -0.2) is 29.3 Å². The third-order valence-corrected chi connectivity index (χ3v) is 3.92. The zero-order valence-corrected chi connectivity index (χ0v) is 11.4. The van der Waals surface area contributed by atoms with Crippen molar-refractivity contribution in [3.05, 3.63) is 30.1 Å². The van der Waals surface area contributed by atoms with E-state index in [2.05, 4.69) is 40.1 Å². The molecule has 0 spiro atoms. The van der Waals surface area contributed by atoms with Crippen LogP contribution in [0.25, 0.3) is 11.0 Å². The maximum Gasteiger partial charge on any atom is 0.123 e. The van der Waals surface area contributed by atoms with E-state index >= 15 is 0 Å². The van der Waals surface area contributed by atoms with Gasteiger partial charge in [-0.25, -0.2) is 4.98 Å². The van der Waals surface area contributed by atoms with Crippen molar-refractivity contribution in [2.24, 2.45) is 13.0 Å². The van der Waals surface area contributed by atoms with Crippen LogP contribution in [0.1, 0.15) is 18.7 Å². The van der Waals surface area contributed by atoms with Gasteiger partial charge in [-0.2, -0.15) is 0 Å². The average Bonchev–Trinajstić information content (AvgIpc) is 3.04. The number of aromatic nitrogens is 2. The van der Waals surface area contributed by atoms with Crippen molar-refractivity contribution >= 4 is 11.0 Å². The van der Waals surface area contributed by atoms with Gasteiger partial charge in [0, 0.05) is 20.3 Å². The molecule has 1 fully saturated rings. The lowest BCUT2D eigenvalue weighted by Crippen LogP contribution is -2.20. The molecule has 1 aliphatic heterocycles. The van der Waals surface area contributed by atoms with Crippen LogP contribution in [0.3, 0.4) is 0 Å². The molecule has 19 heavy (non-hydrogen) atoms. The lowest BCUT2D eigenvalue weighted by Gasteiger charge is -2.08. The minimum atomic E-state index is 0.743. The van der Waals surface area contributed by atoms with Crippen molar-refractivity contribution in [3.8, 4) is 0 Å². The summed E-state index contributed by atoms with van der Waals surface area (Å²) in [6.45, 7) is 3.75. The molecule has 1 N–H and O–H groups in total. The van der Waals surface area contributed by atoms with Crippen LogP contribution >= 0.6 is 0 Å². The molecule has 4 nitrogen and oxygen atoms in total. The van der Waals surface area contributed by atoms with Gasteiger partial charge in [-0.05, 0) is 37.4 Å². The molecule has 1 aliphatic rings. The number of nitrogens with one attached hydrogen (secondary N) is 1. The second-order valence-electron chi connectivity index (χ2n) is 5.27. The maximum absolute atomic E-state index is 5.39. The topological polar surface area (TPSA) is 39.1 Å². The van der Waals surface area contributed by atoms with Crippen LogP contribution in [0.5, 0.6) is 0 Å². The standard InChI is InChI=1S/C15H21N3O/c1-18-14-5-3-2-4-13(14)17-15(18)10-16-8-6-12-7-9-19-11-12/h2-5,12,16H,6-11H2,1H3. The number of aryl methyl sites for hydroxylation is 1.